The zero-order chi connectivity index (χ0) is 15.5. The molecule has 0 atom stereocenters. The van der Waals surface area contributed by atoms with Crippen molar-refractivity contribution in [2.24, 2.45) is 0 Å². The number of aryl methyl sites for hydroxylation is 1. The number of hydrogen-bond donors (Lipinski definition) is 1. The standard InChI is InChI=1S/C15H15ClN2O3S/c1-2-13-17-8-12(22-13)15(19)18-7-9-5-10(16)14-11(6-9)20-3-4-21-14/h5-6,8H,2-4,7H2,1H3,(H,18,19). The fourth-order valence-corrected chi connectivity index (χ4v) is 3.18. The highest BCUT2D eigenvalue weighted by atomic mass is 35.5. The maximum Gasteiger partial charge on any atom is 0.263 e. The molecule has 1 aliphatic rings. The number of rotatable bonds is 4. The lowest BCUT2D eigenvalue weighted by atomic mass is 10.2. The van der Waals surface area contributed by atoms with E-state index in [0.29, 0.717) is 41.2 Å². The molecule has 0 unspecified atom stereocenters. The Bertz CT molecular complexity index is 702. The molecule has 0 bridgehead atoms. The van der Waals surface area contributed by atoms with E-state index in [-0.39, 0.29) is 5.91 Å². The lowest BCUT2D eigenvalue weighted by Gasteiger charge is -2.20. The van der Waals surface area contributed by atoms with Gasteiger partial charge in [0, 0.05) is 6.54 Å². The van der Waals surface area contributed by atoms with Crippen molar-refractivity contribution in [1.29, 1.82) is 0 Å². The number of nitrogens with one attached hydrogen (secondary N) is 1. The minimum Gasteiger partial charge on any atom is -0.486 e. The van der Waals surface area contributed by atoms with Gasteiger partial charge in [-0.2, -0.15) is 0 Å². The molecule has 3 rings (SSSR count). The third kappa shape index (κ3) is 3.18. The normalized spacial score (nSPS) is 13.0. The molecule has 2 heterocycles. The Labute approximate surface area is 137 Å². The molecule has 1 aromatic heterocycles. The second kappa shape index (κ2) is 6.54. The van der Waals surface area contributed by atoms with Crippen molar-refractivity contribution in [3.05, 3.63) is 38.8 Å². The van der Waals surface area contributed by atoms with E-state index in [9.17, 15) is 4.79 Å². The zero-order valence-electron chi connectivity index (χ0n) is 12.0. The van der Waals surface area contributed by atoms with Gasteiger partial charge in [0.2, 0.25) is 0 Å². The first-order valence-corrected chi connectivity index (χ1v) is 8.17. The van der Waals surface area contributed by atoms with Crippen molar-refractivity contribution >= 4 is 28.8 Å². The summed E-state index contributed by atoms with van der Waals surface area (Å²) in [5.74, 6) is 1.05. The Morgan fingerprint density at radius 1 is 1.41 bits per heavy atom. The number of amides is 1. The fourth-order valence-electron chi connectivity index (χ4n) is 2.11. The van der Waals surface area contributed by atoms with E-state index in [0.717, 1.165) is 17.0 Å². The highest BCUT2D eigenvalue weighted by Crippen LogP contribution is 2.38. The van der Waals surface area contributed by atoms with Crippen LogP contribution < -0.4 is 14.8 Å². The minimum absolute atomic E-state index is 0.136. The number of halogens is 1. The van der Waals surface area contributed by atoms with Crippen molar-refractivity contribution in [2.45, 2.75) is 19.9 Å². The number of thiazole rings is 1. The predicted molar refractivity (Wildman–Crippen MR) is 85.1 cm³/mol. The molecule has 116 valence electrons. The molecule has 1 aromatic carbocycles. The van der Waals surface area contributed by atoms with E-state index in [1.807, 2.05) is 13.0 Å². The van der Waals surface area contributed by atoms with Gasteiger partial charge in [0.25, 0.3) is 5.91 Å². The van der Waals surface area contributed by atoms with Crippen LogP contribution in [-0.4, -0.2) is 24.1 Å². The Morgan fingerprint density at radius 3 is 3.00 bits per heavy atom. The van der Waals surface area contributed by atoms with Crippen LogP contribution in [-0.2, 0) is 13.0 Å². The number of hydrogen-bond acceptors (Lipinski definition) is 5. The molecular weight excluding hydrogens is 324 g/mol. The van der Waals surface area contributed by atoms with Gasteiger partial charge in [-0.1, -0.05) is 18.5 Å². The van der Waals surface area contributed by atoms with E-state index in [2.05, 4.69) is 10.3 Å². The topological polar surface area (TPSA) is 60.5 Å². The van der Waals surface area contributed by atoms with E-state index < -0.39 is 0 Å². The molecule has 0 radical (unpaired) electrons. The molecule has 7 heteroatoms. The van der Waals surface area contributed by atoms with Crippen molar-refractivity contribution in [3.63, 3.8) is 0 Å². The summed E-state index contributed by atoms with van der Waals surface area (Å²) in [6.07, 6.45) is 2.44. The summed E-state index contributed by atoms with van der Waals surface area (Å²) in [7, 11) is 0. The smallest absolute Gasteiger partial charge is 0.263 e. The number of fused-ring (bicyclic) bond motifs is 1. The average molecular weight is 339 g/mol. The van der Waals surface area contributed by atoms with Gasteiger partial charge in [-0.25, -0.2) is 4.98 Å². The molecule has 0 saturated carbocycles. The van der Waals surface area contributed by atoms with Crippen LogP contribution in [0.3, 0.4) is 0 Å². The number of ether oxygens (including phenoxy) is 2. The van der Waals surface area contributed by atoms with E-state index in [1.54, 1.807) is 12.3 Å². The molecule has 0 fully saturated rings. The lowest BCUT2D eigenvalue weighted by molar-refractivity contribution is 0.0954. The van der Waals surface area contributed by atoms with Crippen LogP contribution >= 0.6 is 22.9 Å². The van der Waals surface area contributed by atoms with Gasteiger partial charge in [0.1, 0.15) is 18.1 Å². The zero-order valence-corrected chi connectivity index (χ0v) is 13.6. The highest BCUT2D eigenvalue weighted by molar-refractivity contribution is 7.13. The molecule has 0 aliphatic carbocycles. The van der Waals surface area contributed by atoms with E-state index in [1.165, 1.54) is 11.3 Å². The Balaban J connectivity index is 1.68. The predicted octanol–water partition coefficient (Wildman–Crippen LogP) is 3.06. The number of nitrogens with zero attached hydrogens (tertiary/aromatic N) is 1. The van der Waals surface area contributed by atoms with Gasteiger partial charge in [0.05, 0.1) is 16.2 Å². The second-order valence-corrected chi connectivity index (χ2v) is 6.28. The first-order valence-electron chi connectivity index (χ1n) is 6.98. The van der Waals surface area contributed by atoms with Crippen molar-refractivity contribution < 1.29 is 14.3 Å². The van der Waals surface area contributed by atoms with Crippen LogP contribution in [0.5, 0.6) is 11.5 Å². The number of aromatic nitrogens is 1. The van der Waals surface area contributed by atoms with Crippen LogP contribution in [0.25, 0.3) is 0 Å². The monoisotopic (exact) mass is 338 g/mol. The van der Waals surface area contributed by atoms with Crippen molar-refractivity contribution in [3.8, 4) is 11.5 Å². The molecule has 2 aromatic rings. The quantitative estimate of drug-likeness (QED) is 0.930. The molecule has 1 amide bonds. The molecule has 22 heavy (non-hydrogen) atoms. The van der Waals surface area contributed by atoms with E-state index in [4.69, 9.17) is 21.1 Å². The fraction of sp³-hybridized carbons (Fsp3) is 0.333. The van der Waals surface area contributed by atoms with Crippen molar-refractivity contribution in [1.82, 2.24) is 10.3 Å². The molecule has 1 aliphatic heterocycles. The third-order valence-corrected chi connectivity index (χ3v) is 4.61. The molecule has 1 N–H and O–H groups in total. The van der Waals surface area contributed by atoms with Gasteiger partial charge in [-0.05, 0) is 24.1 Å². The first kappa shape index (κ1) is 15.1. The van der Waals surface area contributed by atoms with Crippen LogP contribution in [0.15, 0.2) is 18.3 Å². The SMILES string of the molecule is CCc1ncc(C(=O)NCc2cc(Cl)c3c(c2)OCCO3)s1. The summed E-state index contributed by atoms with van der Waals surface area (Å²) in [6.45, 7) is 3.37. The summed E-state index contributed by atoms with van der Waals surface area (Å²) in [5, 5.41) is 4.31. The van der Waals surface area contributed by atoms with Gasteiger partial charge >= 0.3 is 0 Å². The maximum absolute atomic E-state index is 12.1. The van der Waals surface area contributed by atoms with Gasteiger partial charge in [-0.3, -0.25) is 4.79 Å². The van der Waals surface area contributed by atoms with E-state index >= 15 is 0 Å². The molecule has 5 nitrogen and oxygen atoms in total. The van der Waals surface area contributed by atoms with Crippen LogP contribution in [0.4, 0.5) is 0 Å². The summed E-state index contributed by atoms with van der Waals surface area (Å²) >= 11 is 7.58. The summed E-state index contributed by atoms with van der Waals surface area (Å²) in [4.78, 5) is 16.9. The molecular formula is C15H15ClN2O3S. The Hall–Kier alpha value is -1.79. The summed E-state index contributed by atoms with van der Waals surface area (Å²) in [5.41, 5.74) is 0.864. The van der Waals surface area contributed by atoms with Crippen LogP contribution in [0.1, 0.15) is 27.2 Å². The molecule has 0 spiro atoms. The van der Waals surface area contributed by atoms with Gasteiger partial charge in [-0.15, -0.1) is 11.3 Å². The Morgan fingerprint density at radius 2 is 2.23 bits per heavy atom. The maximum atomic E-state index is 12.1. The van der Waals surface area contributed by atoms with Gasteiger partial charge in [0.15, 0.2) is 11.5 Å². The van der Waals surface area contributed by atoms with Crippen LogP contribution in [0, 0.1) is 0 Å². The number of carbonyl (C=O) groups is 1. The average Bonchev–Trinajstić information content (AvgIpc) is 3.02. The number of benzene rings is 1. The highest BCUT2D eigenvalue weighted by Gasteiger charge is 2.17. The largest absolute Gasteiger partial charge is 0.486 e. The third-order valence-electron chi connectivity index (χ3n) is 3.19. The summed E-state index contributed by atoms with van der Waals surface area (Å²) < 4.78 is 11.0. The Kier molecular flexibility index (Phi) is 4.49. The molecule has 0 saturated heterocycles. The lowest BCUT2D eigenvalue weighted by Crippen LogP contribution is -2.22. The van der Waals surface area contributed by atoms with Crippen molar-refractivity contribution in [2.75, 3.05) is 13.2 Å². The van der Waals surface area contributed by atoms with Crippen LogP contribution in [0.2, 0.25) is 5.02 Å². The first-order chi connectivity index (χ1) is 10.7. The minimum atomic E-state index is -0.136. The van der Waals surface area contributed by atoms with Gasteiger partial charge < -0.3 is 14.8 Å². The summed E-state index contributed by atoms with van der Waals surface area (Å²) in [6, 6.07) is 3.62. The second-order valence-electron chi connectivity index (χ2n) is 4.76. The number of carbonyl (C=O) groups excluding carboxylic acids is 1.